The second-order valence-electron chi connectivity index (χ2n) is 6.11. The van der Waals surface area contributed by atoms with Crippen molar-refractivity contribution in [2.24, 2.45) is 0 Å². The molecule has 24 heavy (non-hydrogen) atoms. The van der Waals surface area contributed by atoms with Crippen molar-refractivity contribution < 1.29 is 9.59 Å². The highest BCUT2D eigenvalue weighted by Gasteiger charge is 2.40. The fourth-order valence-corrected chi connectivity index (χ4v) is 3.23. The van der Waals surface area contributed by atoms with Crippen LogP contribution in [0.5, 0.6) is 0 Å². The molecule has 0 unspecified atom stereocenters. The summed E-state index contributed by atoms with van der Waals surface area (Å²) < 4.78 is 0. The molecule has 7 heteroatoms. The molecule has 2 aromatic rings. The molecule has 2 amide bonds. The van der Waals surface area contributed by atoms with E-state index in [-0.39, 0.29) is 18.4 Å². The van der Waals surface area contributed by atoms with Gasteiger partial charge in [0.15, 0.2) is 0 Å². The van der Waals surface area contributed by atoms with Gasteiger partial charge in [0.05, 0.1) is 17.8 Å². The predicted molar refractivity (Wildman–Crippen MR) is 88.0 cm³/mol. The van der Waals surface area contributed by atoms with E-state index < -0.39 is 5.54 Å². The second kappa shape index (κ2) is 6.71. The molecule has 0 radical (unpaired) electrons. The Kier molecular flexibility index (Phi) is 4.47. The molecule has 1 heterocycles. The lowest BCUT2D eigenvalue weighted by molar-refractivity contribution is -0.128. The number of nitrogens with zero attached hydrogens (tertiary/aromatic N) is 2. The fourth-order valence-electron chi connectivity index (χ4n) is 3.23. The maximum atomic E-state index is 12.7. The van der Waals surface area contributed by atoms with Crippen LogP contribution in [0.3, 0.4) is 0 Å². The van der Waals surface area contributed by atoms with Crippen LogP contribution in [-0.4, -0.2) is 34.1 Å². The van der Waals surface area contributed by atoms with Gasteiger partial charge in [-0.3, -0.25) is 14.7 Å². The van der Waals surface area contributed by atoms with Gasteiger partial charge < -0.3 is 10.6 Å². The van der Waals surface area contributed by atoms with Crippen LogP contribution in [0.25, 0.3) is 10.9 Å². The number of carbonyl (C=O) groups excluding carboxylic acids is 2. The number of fused-ring (bicyclic) bond motifs is 1. The van der Waals surface area contributed by atoms with E-state index >= 15 is 0 Å². The zero-order chi connectivity index (χ0) is 17.0. The molecule has 1 aromatic heterocycles. The summed E-state index contributed by atoms with van der Waals surface area (Å²) in [6.07, 6.45) is 5.63. The molecule has 0 saturated heterocycles. The highest BCUT2D eigenvalue weighted by molar-refractivity contribution is 6.01. The maximum absolute atomic E-state index is 12.7. The Morgan fingerprint density at radius 3 is 2.83 bits per heavy atom. The minimum absolute atomic E-state index is 0.0581. The summed E-state index contributed by atoms with van der Waals surface area (Å²) in [6.45, 7) is -0.0581. The number of carbonyl (C=O) groups is 2. The predicted octanol–water partition coefficient (Wildman–Crippen LogP) is 1.64. The minimum atomic E-state index is -0.933. The standard InChI is InChI=1S/C17H19N5O2/c18-8-9-19-16(24)17(6-2-1-3-7-17)21-15(23)12-4-5-14-13(10-12)11-20-22-14/h4-5,10-11H,1-3,6-7,9H2,(H,19,24)(H,20,22)(H,21,23). The van der Waals surface area contributed by atoms with Crippen molar-refractivity contribution >= 4 is 22.7 Å². The van der Waals surface area contributed by atoms with Crippen molar-refractivity contribution in [1.82, 2.24) is 20.8 Å². The molecule has 0 spiro atoms. The Morgan fingerprint density at radius 1 is 1.29 bits per heavy atom. The lowest BCUT2D eigenvalue weighted by Crippen LogP contribution is -2.59. The van der Waals surface area contributed by atoms with Gasteiger partial charge in [0.25, 0.3) is 5.91 Å². The third-order valence-corrected chi connectivity index (χ3v) is 4.52. The first-order valence-electron chi connectivity index (χ1n) is 8.05. The van der Waals surface area contributed by atoms with E-state index in [2.05, 4.69) is 20.8 Å². The Balaban J connectivity index is 1.82. The molecule has 0 bridgehead atoms. The number of hydrogen-bond donors (Lipinski definition) is 3. The van der Waals surface area contributed by atoms with Crippen molar-refractivity contribution in [3.8, 4) is 6.07 Å². The first-order chi connectivity index (χ1) is 11.6. The molecule has 1 aliphatic rings. The lowest BCUT2D eigenvalue weighted by Gasteiger charge is -2.36. The van der Waals surface area contributed by atoms with Crippen molar-refractivity contribution in [1.29, 1.82) is 5.26 Å². The number of H-pyrrole nitrogens is 1. The van der Waals surface area contributed by atoms with Crippen molar-refractivity contribution in [3.05, 3.63) is 30.0 Å². The minimum Gasteiger partial charge on any atom is -0.341 e. The molecule has 3 rings (SSSR count). The van der Waals surface area contributed by atoms with Crippen LogP contribution in [0.15, 0.2) is 24.4 Å². The molecule has 1 fully saturated rings. The summed E-state index contributed by atoms with van der Waals surface area (Å²) in [5, 5.41) is 21.8. The first kappa shape index (κ1) is 16.0. The first-order valence-corrected chi connectivity index (χ1v) is 8.05. The smallest absolute Gasteiger partial charge is 0.252 e. The van der Waals surface area contributed by atoms with Gasteiger partial charge >= 0.3 is 0 Å². The van der Waals surface area contributed by atoms with Crippen LogP contribution in [0.1, 0.15) is 42.5 Å². The van der Waals surface area contributed by atoms with Gasteiger partial charge in [-0.2, -0.15) is 10.4 Å². The van der Waals surface area contributed by atoms with Crippen LogP contribution in [0, 0.1) is 11.3 Å². The summed E-state index contributed by atoms with van der Waals surface area (Å²) in [5.74, 6) is -0.561. The topological polar surface area (TPSA) is 111 Å². The number of aromatic amines is 1. The van der Waals surface area contributed by atoms with Crippen LogP contribution in [0.2, 0.25) is 0 Å². The van der Waals surface area contributed by atoms with E-state index in [0.29, 0.717) is 18.4 Å². The number of rotatable bonds is 4. The Morgan fingerprint density at radius 2 is 2.08 bits per heavy atom. The fraction of sp³-hybridized carbons (Fsp3) is 0.412. The van der Waals surface area contributed by atoms with E-state index in [1.165, 1.54) is 0 Å². The van der Waals surface area contributed by atoms with E-state index in [1.54, 1.807) is 24.4 Å². The third-order valence-electron chi connectivity index (χ3n) is 4.52. The molecule has 3 N–H and O–H groups in total. The summed E-state index contributed by atoms with van der Waals surface area (Å²) in [6, 6.07) is 7.15. The summed E-state index contributed by atoms with van der Waals surface area (Å²) in [5.41, 5.74) is 0.407. The summed E-state index contributed by atoms with van der Waals surface area (Å²) >= 11 is 0. The van der Waals surface area contributed by atoms with Crippen LogP contribution in [-0.2, 0) is 4.79 Å². The van der Waals surface area contributed by atoms with Gasteiger partial charge in [0.1, 0.15) is 12.1 Å². The highest BCUT2D eigenvalue weighted by atomic mass is 16.2. The highest BCUT2D eigenvalue weighted by Crippen LogP contribution is 2.29. The molecular weight excluding hydrogens is 306 g/mol. The van der Waals surface area contributed by atoms with Gasteiger partial charge in [0.2, 0.25) is 5.91 Å². The number of aromatic nitrogens is 2. The average Bonchev–Trinajstić information content (AvgIpc) is 3.08. The van der Waals surface area contributed by atoms with Crippen LogP contribution < -0.4 is 10.6 Å². The van der Waals surface area contributed by atoms with Crippen molar-refractivity contribution in [2.45, 2.75) is 37.6 Å². The molecule has 0 atom stereocenters. The lowest BCUT2D eigenvalue weighted by atomic mass is 9.80. The normalized spacial score (nSPS) is 16.3. The van der Waals surface area contributed by atoms with E-state index in [9.17, 15) is 9.59 Å². The van der Waals surface area contributed by atoms with Crippen LogP contribution in [0.4, 0.5) is 0 Å². The number of amides is 2. The van der Waals surface area contributed by atoms with E-state index in [4.69, 9.17) is 5.26 Å². The quantitative estimate of drug-likeness (QED) is 0.742. The zero-order valence-corrected chi connectivity index (χ0v) is 13.3. The SMILES string of the molecule is N#CCNC(=O)C1(NC(=O)c2ccc3[nH]ncc3c2)CCCCC1. The van der Waals surface area contributed by atoms with E-state index in [0.717, 1.165) is 30.2 Å². The molecule has 1 aromatic carbocycles. The molecule has 7 nitrogen and oxygen atoms in total. The number of hydrogen-bond acceptors (Lipinski definition) is 4. The number of nitrogens with one attached hydrogen (secondary N) is 3. The molecule has 0 aliphatic heterocycles. The van der Waals surface area contributed by atoms with Gasteiger partial charge in [0, 0.05) is 10.9 Å². The van der Waals surface area contributed by atoms with Crippen molar-refractivity contribution in [2.75, 3.05) is 6.54 Å². The maximum Gasteiger partial charge on any atom is 0.252 e. The molecule has 1 saturated carbocycles. The van der Waals surface area contributed by atoms with E-state index in [1.807, 2.05) is 6.07 Å². The number of nitriles is 1. The monoisotopic (exact) mass is 325 g/mol. The Hall–Kier alpha value is -2.88. The Bertz CT molecular complexity index is 799. The largest absolute Gasteiger partial charge is 0.341 e. The molecule has 1 aliphatic carbocycles. The molecular formula is C17H19N5O2. The summed E-state index contributed by atoms with van der Waals surface area (Å²) in [4.78, 5) is 25.2. The second-order valence-corrected chi connectivity index (χ2v) is 6.11. The van der Waals surface area contributed by atoms with Gasteiger partial charge in [-0.15, -0.1) is 0 Å². The van der Waals surface area contributed by atoms with Crippen LogP contribution >= 0.6 is 0 Å². The van der Waals surface area contributed by atoms with Gasteiger partial charge in [-0.25, -0.2) is 0 Å². The molecule has 124 valence electrons. The third kappa shape index (κ3) is 3.08. The summed E-state index contributed by atoms with van der Waals surface area (Å²) in [7, 11) is 0. The van der Waals surface area contributed by atoms with Crippen molar-refractivity contribution in [3.63, 3.8) is 0 Å². The zero-order valence-electron chi connectivity index (χ0n) is 13.3. The Labute approximate surface area is 139 Å². The van der Waals surface area contributed by atoms with Gasteiger partial charge in [-0.05, 0) is 31.0 Å². The average molecular weight is 325 g/mol. The number of benzene rings is 1. The van der Waals surface area contributed by atoms with Gasteiger partial charge in [-0.1, -0.05) is 19.3 Å².